The predicted molar refractivity (Wildman–Crippen MR) is 87.3 cm³/mol. The fourth-order valence-electron chi connectivity index (χ4n) is 3.79. The third kappa shape index (κ3) is 3.83. The third-order valence-corrected chi connectivity index (χ3v) is 4.44. The number of hydrogen-bond acceptors (Lipinski definition) is 2. The molecule has 1 saturated heterocycles. The highest BCUT2D eigenvalue weighted by molar-refractivity contribution is 5.39. The Kier molecular flexibility index (Phi) is 5.22. The molecule has 2 nitrogen and oxygen atoms in total. The lowest BCUT2D eigenvalue weighted by molar-refractivity contribution is 0.289. The lowest BCUT2D eigenvalue weighted by Gasteiger charge is -2.26. The average Bonchev–Trinajstić information content (AvgIpc) is 2.79. The summed E-state index contributed by atoms with van der Waals surface area (Å²) in [6, 6.07) is 5.56. The molecule has 2 atom stereocenters. The number of hydrogen-bond donors (Lipinski definition) is 1. The second kappa shape index (κ2) is 6.73. The molecule has 2 rings (SSSR count). The van der Waals surface area contributed by atoms with E-state index in [-0.39, 0.29) is 0 Å². The van der Waals surface area contributed by atoms with Gasteiger partial charge in [-0.3, -0.25) is 0 Å². The first-order chi connectivity index (χ1) is 9.47. The van der Waals surface area contributed by atoms with Crippen LogP contribution in [-0.4, -0.2) is 30.6 Å². The Hall–Kier alpha value is -0.860. The summed E-state index contributed by atoms with van der Waals surface area (Å²) in [6.45, 7) is 15.0. The molecule has 0 aliphatic carbocycles. The van der Waals surface area contributed by atoms with Gasteiger partial charge in [-0.15, -0.1) is 0 Å². The summed E-state index contributed by atoms with van der Waals surface area (Å²) in [4.78, 5) is 2.58. The number of rotatable bonds is 5. The molecule has 112 valence electrons. The van der Waals surface area contributed by atoms with Gasteiger partial charge in [0.15, 0.2) is 0 Å². The number of aryl methyl sites for hydroxylation is 3. The molecule has 0 aromatic heterocycles. The maximum atomic E-state index is 3.78. The highest BCUT2D eigenvalue weighted by Crippen LogP contribution is 2.23. The summed E-state index contributed by atoms with van der Waals surface area (Å²) < 4.78 is 0. The molecule has 1 heterocycles. The van der Waals surface area contributed by atoms with Gasteiger partial charge < -0.3 is 10.2 Å². The van der Waals surface area contributed by atoms with E-state index in [0.717, 1.165) is 0 Å². The van der Waals surface area contributed by atoms with Gasteiger partial charge in [-0.05, 0) is 77.2 Å². The van der Waals surface area contributed by atoms with E-state index < -0.39 is 0 Å². The van der Waals surface area contributed by atoms with Crippen LogP contribution in [0, 0.1) is 20.8 Å². The largest absolute Gasteiger partial charge is 0.306 e. The molecular weight excluding hydrogens is 244 g/mol. The Morgan fingerprint density at radius 3 is 2.15 bits per heavy atom. The van der Waals surface area contributed by atoms with Crippen molar-refractivity contribution in [2.45, 2.75) is 59.5 Å². The van der Waals surface area contributed by atoms with Crippen LogP contribution in [0.3, 0.4) is 0 Å². The van der Waals surface area contributed by atoms with Crippen molar-refractivity contribution in [1.82, 2.24) is 10.2 Å². The second-order valence-electron chi connectivity index (χ2n) is 6.61. The fraction of sp³-hybridized carbons (Fsp3) is 0.667. The van der Waals surface area contributed by atoms with Gasteiger partial charge in [0.1, 0.15) is 0 Å². The first-order valence-electron chi connectivity index (χ1n) is 8.03. The van der Waals surface area contributed by atoms with Gasteiger partial charge in [-0.25, -0.2) is 0 Å². The maximum absolute atomic E-state index is 3.78. The minimum atomic E-state index is 0.424. The molecular formula is C18H30N2. The molecule has 1 aliphatic rings. The van der Waals surface area contributed by atoms with Crippen LogP contribution in [0.2, 0.25) is 0 Å². The molecule has 1 aliphatic heterocycles. The van der Waals surface area contributed by atoms with Gasteiger partial charge in [0.25, 0.3) is 0 Å². The zero-order chi connectivity index (χ0) is 14.7. The SMILES string of the molecule is Cc1cc(C)c(C(C)NC(C)CN2CCCC2)c(C)c1. The number of likely N-dealkylation sites (tertiary alicyclic amines) is 1. The zero-order valence-corrected chi connectivity index (χ0v) is 13.8. The van der Waals surface area contributed by atoms with Gasteiger partial charge in [-0.2, -0.15) is 0 Å². The van der Waals surface area contributed by atoms with Crippen molar-refractivity contribution in [1.29, 1.82) is 0 Å². The lowest BCUT2D eigenvalue weighted by atomic mass is 9.94. The highest BCUT2D eigenvalue weighted by atomic mass is 15.2. The molecule has 1 aromatic rings. The first-order valence-corrected chi connectivity index (χ1v) is 8.03. The fourth-order valence-corrected chi connectivity index (χ4v) is 3.79. The van der Waals surface area contributed by atoms with Crippen molar-refractivity contribution in [2.24, 2.45) is 0 Å². The molecule has 1 fully saturated rings. The first kappa shape index (κ1) is 15.5. The number of benzene rings is 1. The van der Waals surface area contributed by atoms with Crippen LogP contribution in [0.1, 0.15) is 55.0 Å². The summed E-state index contributed by atoms with van der Waals surface area (Å²) in [6.07, 6.45) is 2.75. The average molecular weight is 274 g/mol. The van der Waals surface area contributed by atoms with Crippen molar-refractivity contribution < 1.29 is 0 Å². The summed E-state index contributed by atoms with van der Waals surface area (Å²) in [5.74, 6) is 0. The van der Waals surface area contributed by atoms with Crippen molar-refractivity contribution in [2.75, 3.05) is 19.6 Å². The highest BCUT2D eigenvalue weighted by Gasteiger charge is 2.18. The quantitative estimate of drug-likeness (QED) is 0.880. The van der Waals surface area contributed by atoms with Gasteiger partial charge in [-0.1, -0.05) is 17.7 Å². The molecule has 0 spiro atoms. The summed E-state index contributed by atoms with van der Waals surface area (Å²) in [5, 5.41) is 3.78. The van der Waals surface area contributed by atoms with Crippen LogP contribution in [-0.2, 0) is 0 Å². The topological polar surface area (TPSA) is 15.3 Å². The van der Waals surface area contributed by atoms with Crippen LogP contribution in [0.5, 0.6) is 0 Å². The Labute approximate surface area is 124 Å². The molecule has 0 radical (unpaired) electrons. The van der Waals surface area contributed by atoms with Crippen molar-refractivity contribution >= 4 is 0 Å². The van der Waals surface area contributed by atoms with Crippen LogP contribution >= 0.6 is 0 Å². The standard InChI is InChI=1S/C18H30N2/c1-13-10-14(2)18(15(3)11-13)17(5)19-16(4)12-20-8-6-7-9-20/h10-11,16-17,19H,6-9,12H2,1-5H3. The smallest absolute Gasteiger partial charge is 0.0300 e. The molecule has 20 heavy (non-hydrogen) atoms. The Morgan fingerprint density at radius 1 is 1.05 bits per heavy atom. The summed E-state index contributed by atoms with van der Waals surface area (Å²) in [7, 11) is 0. The molecule has 0 saturated carbocycles. The van der Waals surface area contributed by atoms with E-state index in [4.69, 9.17) is 0 Å². The zero-order valence-electron chi connectivity index (χ0n) is 13.8. The molecule has 0 amide bonds. The Morgan fingerprint density at radius 2 is 1.60 bits per heavy atom. The van der Waals surface area contributed by atoms with Gasteiger partial charge >= 0.3 is 0 Å². The second-order valence-corrected chi connectivity index (χ2v) is 6.61. The van der Waals surface area contributed by atoms with Gasteiger partial charge in [0.2, 0.25) is 0 Å². The normalized spacial score (nSPS) is 19.2. The minimum absolute atomic E-state index is 0.424. The van der Waals surface area contributed by atoms with E-state index in [1.165, 1.54) is 54.7 Å². The third-order valence-electron chi connectivity index (χ3n) is 4.44. The molecule has 2 heteroatoms. The monoisotopic (exact) mass is 274 g/mol. The molecule has 2 unspecified atom stereocenters. The van der Waals surface area contributed by atoms with Crippen molar-refractivity contribution in [3.05, 3.63) is 34.4 Å². The predicted octanol–water partition coefficient (Wildman–Crippen LogP) is 3.75. The van der Waals surface area contributed by atoms with E-state index in [2.05, 4.69) is 57.0 Å². The van der Waals surface area contributed by atoms with E-state index in [0.29, 0.717) is 12.1 Å². The van der Waals surface area contributed by atoms with E-state index in [1.807, 2.05) is 0 Å². The molecule has 1 aromatic carbocycles. The number of nitrogens with zero attached hydrogens (tertiary/aromatic N) is 1. The van der Waals surface area contributed by atoms with E-state index in [1.54, 1.807) is 0 Å². The van der Waals surface area contributed by atoms with Gasteiger partial charge in [0, 0.05) is 18.6 Å². The summed E-state index contributed by atoms with van der Waals surface area (Å²) in [5.41, 5.74) is 5.66. The number of nitrogens with one attached hydrogen (secondary N) is 1. The van der Waals surface area contributed by atoms with Crippen molar-refractivity contribution in [3.8, 4) is 0 Å². The molecule has 1 N–H and O–H groups in total. The lowest BCUT2D eigenvalue weighted by Crippen LogP contribution is -2.39. The Balaban J connectivity index is 1.98. The maximum Gasteiger partial charge on any atom is 0.0300 e. The van der Waals surface area contributed by atoms with Crippen LogP contribution in [0.4, 0.5) is 0 Å². The van der Waals surface area contributed by atoms with Crippen molar-refractivity contribution in [3.63, 3.8) is 0 Å². The van der Waals surface area contributed by atoms with Gasteiger partial charge in [0.05, 0.1) is 0 Å². The molecule has 0 bridgehead atoms. The Bertz CT molecular complexity index is 424. The van der Waals surface area contributed by atoms with Crippen LogP contribution in [0.15, 0.2) is 12.1 Å². The van der Waals surface area contributed by atoms with E-state index >= 15 is 0 Å². The summed E-state index contributed by atoms with van der Waals surface area (Å²) >= 11 is 0. The van der Waals surface area contributed by atoms with Crippen LogP contribution < -0.4 is 5.32 Å². The minimum Gasteiger partial charge on any atom is -0.306 e. The van der Waals surface area contributed by atoms with E-state index in [9.17, 15) is 0 Å². The van der Waals surface area contributed by atoms with Crippen LogP contribution in [0.25, 0.3) is 0 Å².